The molecule has 3 rings (SSSR count). The molecule has 1 heterocycles. The molecule has 0 amide bonds. The Morgan fingerprint density at radius 2 is 1.81 bits per heavy atom. The lowest BCUT2D eigenvalue weighted by Gasteiger charge is -2.59. The van der Waals surface area contributed by atoms with Crippen LogP contribution in [0, 0.1) is 12.3 Å². The molecule has 1 aromatic rings. The Bertz CT molecular complexity index is 480. The van der Waals surface area contributed by atoms with Crippen LogP contribution in [0.1, 0.15) is 50.7 Å². The van der Waals surface area contributed by atoms with Gasteiger partial charge in [0.2, 0.25) is 0 Å². The second-order valence-electron chi connectivity index (χ2n) is 7.60. The van der Waals surface area contributed by atoms with Crippen molar-refractivity contribution in [2.75, 3.05) is 19.8 Å². The molecule has 116 valence electrons. The van der Waals surface area contributed by atoms with Gasteiger partial charge in [-0.25, -0.2) is 0 Å². The Kier molecular flexibility index (Phi) is 4.11. The summed E-state index contributed by atoms with van der Waals surface area (Å²) in [6.07, 6.45) is 5.16. The first-order valence-corrected chi connectivity index (χ1v) is 8.43. The highest BCUT2D eigenvalue weighted by molar-refractivity contribution is 5.38. The summed E-state index contributed by atoms with van der Waals surface area (Å²) in [6, 6.07) is 9.53. The maximum Gasteiger partial charge on any atom is 0.0471 e. The molecule has 1 saturated heterocycles. The molecule has 1 aliphatic carbocycles. The van der Waals surface area contributed by atoms with Gasteiger partial charge in [-0.05, 0) is 49.1 Å². The Morgan fingerprint density at radius 3 is 2.43 bits per heavy atom. The Labute approximate surface area is 129 Å². The molecule has 2 aliphatic rings. The zero-order valence-electron chi connectivity index (χ0n) is 13.7. The standard InChI is InChI=1S/C19H29NO/c1-15(2)20-14-19(17-7-5-4-6-16(17)3)12-18(13-19)8-10-21-11-9-18/h4-7,15,20H,8-14H2,1-3H3. The smallest absolute Gasteiger partial charge is 0.0471 e. The predicted octanol–water partition coefficient (Wildman–Crippen LogP) is 3.82. The van der Waals surface area contributed by atoms with E-state index in [1.54, 1.807) is 5.56 Å². The van der Waals surface area contributed by atoms with Gasteiger partial charge in [0.25, 0.3) is 0 Å². The normalized spacial score (nSPS) is 23.2. The average molecular weight is 287 g/mol. The molecule has 1 aromatic carbocycles. The highest BCUT2D eigenvalue weighted by Gasteiger charge is 2.55. The molecule has 0 aromatic heterocycles. The lowest BCUT2D eigenvalue weighted by Crippen LogP contribution is -2.57. The fourth-order valence-corrected chi connectivity index (χ4v) is 4.52. The summed E-state index contributed by atoms with van der Waals surface area (Å²) in [4.78, 5) is 0. The molecule has 0 bridgehead atoms. The molecule has 1 spiro atoms. The monoisotopic (exact) mass is 287 g/mol. The van der Waals surface area contributed by atoms with Crippen molar-refractivity contribution in [3.05, 3.63) is 35.4 Å². The summed E-state index contributed by atoms with van der Waals surface area (Å²) in [5.41, 5.74) is 3.91. The highest BCUT2D eigenvalue weighted by atomic mass is 16.5. The number of nitrogens with one attached hydrogen (secondary N) is 1. The van der Waals surface area contributed by atoms with Crippen molar-refractivity contribution in [1.82, 2.24) is 5.32 Å². The quantitative estimate of drug-likeness (QED) is 0.909. The van der Waals surface area contributed by atoms with Crippen molar-refractivity contribution in [2.24, 2.45) is 5.41 Å². The summed E-state index contributed by atoms with van der Waals surface area (Å²) >= 11 is 0. The summed E-state index contributed by atoms with van der Waals surface area (Å²) < 4.78 is 5.58. The first-order chi connectivity index (χ1) is 10.1. The van der Waals surface area contributed by atoms with Crippen molar-refractivity contribution < 1.29 is 4.74 Å². The number of aryl methyl sites for hydroxylation is 1. The third kappa shape index (κ3) is 2.89. The predicted molar refractivity (Wildman–Crippen MR) is 87.7 cm³/mol. The first-order valence-electron chi connectivity index (χ1n) is 8.43. The SMILES string of the molecule is Cc1ccccc1C1(CNC(C)C)CC2(CCOCC2)C1. The molecular formula is C19H29NO. The molecular weight excluding hydrogens is 258 g/mol. The third-order valence-electron chi connectivity index (χ3n) is 5.55. The number of hydrogen-bond donors (Lipinski definition) is 1. The van der Waals surface area contributed by atoms with Gasteiger partial charge in [-0.2, -0.15) is 0 Å². The van der Waals surface area contributed by atoms with Crippen LogP contribution in [0.4, 0.5) is 0 Å². The van der Waals surface area contributed by atoms with Crippen molar-refractivity contribution in [3.63, 3.8) is 0 Å². The number of benzene rings is 1. The van der Waals surface area contributed by atoms with Gasteiger partial charge in [0.05, 0.1) is 0 Å². The van der Waals surface area contributed by atoms with Crippen molar-refractivity contribution in [2.45, 2.75) is 57.9 Å². The fraction of sp³-hybridized carbons (Fsp3) is 0.684. The van der Waals surface area contributed by atoms with Gasteiger partial charge in [-0.3, -0.25) is 0 Å². The van der Waals surface area contributed by atoms with Crippen molar-refractivity contribution >= 4 is 0 Å². The van der Waals surface area contributed by atoms with E-state index in [1.807, 2.05) is 0 Å². The second-order valence-corrected chi connectivity index (χ2v) is 7.60. The average Bonchev–Trinajstić information content (AvgIpc) is 2.44. The number of rotatable bonds is 4. The lowest BCUT2D eigenvalue weighted by atomic mass is 9.47. The zero-order chi connectivity index (χ0) is 14.9. The van der Waals surface area contributed by atoms with Gasteiger partial charge >= 0.3 is 0 Å². The van der Waals surface area contributed by atoms with E-state index in [9.17, 15) is 0 Å². The van der Waals surface area contributed by atoms with Crippen molar-refractivity contribution in [3.8, 4) is 0 Å². The maximum atomic E-state index is 5.58. The fourth-order valence-electron chi connectivity index (χ4n) is 4.52. The minimum Gasteiger partial charge on any atom is -0.381 e. The molecule has 2 nitrogen and oxygen atoms in total. The summed E-state index contributed by atoms with van der Waals surface area (Å²) in [7, 11) is 0. The minimum absolute atomic E-state index is 0.340. The third-order valence-corrected chi connectivity index (χ3v) is 5.55. The van der Waals surface area contributed by atoms with E-state index in [1.165, 1.54) is 31.2 Å². The minimum atomic E-state index is 0.340. The Hall–Kier alpha value is -0.860. The molecule has 0 atom stereocenters. The lowest BCUT2D eigenvalue weighted by molar-refractivity contribution is -0.0742. The van der Waals surface area contributed by atoms with Gasteiger partial charge in [0, 0.05) is 31.2 Å². The Balaban J connectivity index is 1.82. The van der Waals surface area contributed by atoms with Gasteiger partial charge in [0.1, 0.15) is 0 Å². The number of ether oxygens (including phenoxy) is 1. The maximum absolute atomic E-state index is 5.58. The molecule has 0 radical (unpaired) electrons. The van der Waals surface area contributed by atoms with Crippen LogP contribution in [0.5, 0.6) is 0 Å². The van der Waals surface area contributed by atoms with Crippen LogP contribution in [0.25, 0.3) is 0 Å². The van der Waals surface area contributed by atoms with Gasteiger partial charge in [-0.1, -0.05) is 38.1 Å². The van der Waals surface area contributed by atoms with E-state index in [-0.39, 0.29) is 0 Å². The van der Waals surface area contributed by atoms with Crippen LogP contribution in [0.3, 0.4) is 0 Å². The van der Waals surface area contributed by atoms with Crippen LogP contribution < -0.4 is 5.32 Å². The molecule has 21 heavy (non-hydrogen) atoms. The van der Waals surface area contributed by atoms with Gasteiger partial charge < -0.3 is 10.1 Å². The van der Waals surface area contributed by atoms with E-state index < -0.39 is 0 Å². The molecule has 2 fully saturated rings. The van der Waals surface area contributed by atoms with E-state index in [0.717, 1.165) is 19.8 Å². The van der Waals surface area contributed by atoms with Crippen LogP contribution in [0.2, 0.25) is 0 Å². The van der Waals surface area contributed by atoms with Crippen LogP contribution in [0.15, 0.2) is 24.3 Å². The topological polar surface area (TPSA) is 21.3 Å². The van der Waals surface area contributed by atoms with Crippen LogP contribution in [-0.2, 0) is 10.2 Å². The largest absolute Gasteiger partial charge is 0.381 e. The second kappa shape index (κ2) is 5.73. The van der Waals surface area contributed by atoms with E-state index in [2.05, 4.69) is 50.4 Å². The van der Waals surface area contributed by atoms with Crippen LogP contribution >= 0.6 is 0 Å². The summed E-state index contributed by atoms with van der Waals surface area (Å²) in [5, 5.41) is 3.70. The van der Waals surface area contributed by atoms with E-state index in [0.29, 0.717) is 16.9 Å². The molecule has 1 saturated carbocycles. The molecule has 0 unspecified atom stereocenters. The van der Waals surface area contributed by atoms with Gasteiger partial charge in [0.15, 0.2) is 0 Å². The molecule has 1 aliphatic heterocycles. The Morgan fingerprint density at radius 1 is 1.14 bits per heavy atom. The van der Waals surface area contributed by atoms with Crippen LogP contribution in [-0.4, -0.2) is 25.8 Å². The van der Waals surface area contributed by atoms with E-state index in [4.69, 9.17) is 4.74 Å². The number of hydrogen-bond acceptors (Lipinski definition) is 2. The summed E-state index contributed by atoms with van der Waals surface area (Å²) in [5.74, 6) is 0. The summed E-state index contributed by atoms with van der Waals surface area (Å²) in [6.45, 7) is 9.78. The molecule has 2 heteroatoms. The first kappa shape index (κ1) is 15.1. The highest BCUT2D eigenvalue weighted by Crippen LogP contribution is 2.60. The van der Waals surface area contributed by atoms with Crippen molar-refractivity contribution in [1.29, 1.82) is 0 Å². The van der Waals surface area contributed by atoms with Gasteiger partial charge in [-0.15, -0.1) is 0 Å². The zero-order valence-corrected chi connectivity index (χ0v) is 13.7. The molecule has 1 N–H and O–H groups in total. The van der Waals surface area contributed by atoms with E-state index >= 15 is 0 Å².